The quantitative estimate of drug-likeness (QED) is 0.721. The monoisotopic (exact) mass is 171 g/mol. The predicted molar refractivity (Wildman–Crippen MR) is 47.6 cm³/mol. The van der Waals surface area contributed by atoms with Crippen LogP contribution in [0, 0.1) is 0 Å². The summed E-state index contributed by atoms with van der Waals surface area (Å²) in [5, 5.41) is 10.6. The highest BCUT2D eigenvalue weighted by Crippen LogP contribution is 2.20. The minimum Gasteiger partial charge on any atom is -0.396 e. The van der Waals surface area contributed by atoms with Crippen LogP contribution in [-0.4, -0.2) is 11.7 Å². The van der Waals surface area contributed by atoms with Crippen molar-refractivity contribution in [2.24, 2.45) is 5.73 Å². The molecule has 0 saturated carbocycles. The zero-order chi connectivity index (χ0) is 8.10. The van der Waals surface area contributed by atoms with E-state index >= 15 is 0 Å². The summed E-state index contributed by atoms with van der Waals surface area (Å²) in [6.07, 6.45) is 1.66. The average Bonchev–Trinajstić information content (AvgIpc) is 2.52. The predicted octanol–water partition coefficient (Wildman–Crippen LogP) is 1.52. The van der Waals surface area contributed by atoms with Crippen LogP contribution in [0.4, 0.5) is 0 Å². The van der Waals surface area contributed by atoms with Gasteiger partial charge in [-0.15, -0.1) is 11.3 Å². The Morgan fingerprint density at radius 2 is 2.45 bits per heavy atom. The lowest BCUT2D eigenvalue weighted by Crippen LogP contribution is -2.08. The van der Waals surface area contributed by atoms with Crippen LogP contribution in [-0.2, 0) is 0 Å². The Kier molecular flexibility index (Phi) is 3.56. The lowest BCUT2D eigenvalue weighted by molar-refractivity contribution is 0.280. The van der Waals surface area contributed by atoms with Crippen molar-refractivity contribution >= 4 is 11.3 Å². The number of rotatable bonds is 4. The zero-order valence-corrected chi connectivity index (χ0v) is 7.18. The summed E-state index contributed by atoms with van der Waals surface area (Å²) in [5.41, 5.74) is 5.82. The van der Waals surface area contributed by atoms with Gasteiger partial charge in [-0.1, -0.05) is 6.07 Å². The first-order chi connectivity index (χ1) is 5.34. The molecular formula is C8H13NOS. The Morgan fingerprint density at radius 3 is 3.00 bits per heavy atom. The maximum Gasteiger partial charge on any atom is 0.0431 e. The number of thiophene rings is 1. The Labute approximate surface area is 70.7 Å². The molecule has 3 heteroatoms. The molecule has 0 bridgehead atoms. The van der Waals surface area contributed by atoms with E-state index in [1.165, 1.54) is 4.88 Å². The molecule has 0 aromatic carbocycles. The molecular weight excluding hydrogens is 158 g/mol. The summed E-state index contributed by atoms with van der Waals surface area (Å²) in [5.74, 6) is 0. The van der Waals surface area contributed by atoms with Gasteiger partial charge in [-0.25, -0.2) is 0 Å². The Bertz CT molecular complexity index is 186. The van der Waals surface area contributed by atoms with E-state index < -0.39 is 0 Å². The van der Waals surface area contributed by atoms with Gasteiger partial charge in [0.15, 0.2) is 0 Å². The molecule has 0 unspecified atom stereocenters. The van der Waals surface area contributed by atoms with Gasteiger partial charge in [-0.2, -0.15) is 0 Å². The molecule has 1 aromatic heterocycles. The minimum absolute atomic E-state index is 0.113. The molecule has 11 heavy (non-hydrogen) atoms. The smallest absolute Gasteiger partial charge is 0.0431 e. The second-order valence-electron chi connectivity index (χ2n) is 2.49. The Morgan fingerprint density at radius 1 is 1.64 bits per heavy atom. The first-order valence-corrected chi connectivity index (χ1v) is 4.62. The largest absolute Gasteiger partial charge is 0.396 e. The molecule has 0 amide bonds. The first-order valence-electron chi connectivity index (χ1n) is 3.74. The number of aliphatic hydroxyl groups excluding tert-OH is 1. The van der Waals surface area contributed by atoms with E-state index in [0.29, 0.717) is 0 Å². The maximum absolute atomic E-state index is 8.56. The summed E-state index contributed by atoms with van der Waals surface area (Å²) < 4.78 is 0. The van der Waals surface area contributed by atoms with Crippen LogP contribution in [0.15, 0.2) is 17.5 Å². The molecule has 1 rings (SSSR count). The highest BCUT2D eigenvalue weighted by molar-refractivity contribution is 7.10. The molecule has 0 aliphatic rings. The Balaban J connectivity index is 2.36. The lowest BCUT2D eigenvalue weighted by atomic mass is 10.1. The van der Waals surface area contributed by atoms with E-state index in [0.717, 1.165) is 12.8 Å². The molecule has 62 valence electrons. The third-order valence-corrected chi connectivity index (χ3v) is 2.59. The third-order valence-electron chi connectivity index (χ3n) is 1.58. The van der Waals surface area contributed by atoms with Crippen LogP contribution in [0.5, 0.6) is 0 Å². The normalized spacial score (nSPS) is 13.3. The van der Waals surface area contributed by atoms with E-state index in [2.05, 4.69) is 0 Å². The number of hydrogen-bond acceptors (Lipinski definition) is 3. The van der Waals surface area contributed by atoms with Crippen molar-refractivity contribution in [1.82, 2.24) is 0 Å². The van der Waals surface area contributed by atoms with Gasteiger partial charge in [0.25, 0.3) is 0 Å². The van der Waals surface area contributed by atoms with Crippen LogP contribution < -0.4 is 5.73 Å². The van der Waals surface area contributed by atoms with Crippen molar-refractivity contribution in [2.75, 3.05) is 6.61 Å². The van der Waals surface area contributed by atoms with E-state index in [9.17, 15) is 0 Å². The molecule has 3 N–H and O–H groups in total. The van der Waals surface area contributed by atoms with Gasteiger partial charge in [0.2, 0.25) is 0 Å². The molecule has 0 fully saturated rings. The topological polar surface area (TPSA) is 46.2 Å². The fraction of sp³-hybridized carbons (Fsp3) is 0.500. The second-order valence-corrected chi connectivity index (χ2v) is 3.47. The number of nitrogens with two attached hydrogens (primary N) is 1. The maximum atomic E-state index is 8.56. The van der Waals surface area contributed by atoms with E-state index in [4.69, 9.17) is 10.8 Å². The summed E-state index contributed by atoms with van der Waals surface area (Å²) in [7, 11) is 0. The summed E-state index contributed by atoms with van der Waals surface area (Å²) in [6, 6.07) is 4.15. The van der Waals surface area contributed by atoms with Crippen LogP contribution in [0.25, 0.3) is 0 Å². The fourth-order valence-corrected chi connectivity index (χ4v) is 1.72. The van der Waals surface area contributed by atoms with Gasteiger partial charge in [0.05, 0.1) is 0 Å². The van der Waals surface area contributed by atoms with Crippen LogP contribution in [0.1, 0.15) is 23.8 Å². The van der Waals surface area contributed by atoms with Crippen molar-refractivity contribution in [3.63, 3.8) is 0 Å². The Hall–Kier alpha value is -0.380. The van der Waals surface area contributed by atoms with Crippen molar-refractivity contribution < 1.29 is 5.11 Å². The molecule has 0 radical (unpaired) electrons. The van der Waals surface area contributed by atoms with Crippen LogP contribution in [0.3, 0.4) is 0 Å². The average molecular weight is 171 g/mol. The molecule has 1 heterocycles. The molecule has 0 spiro atoms. The third kappa shape index (κ3) is 2.61. The fourth-order valence-electron chi connectivity index (χ4n) is 0.956. The summed E-state index contributed by atoms with van der Waals surface area (Å²) >= 11 is 1.67. The van der Waals surface area contributed by atoms with E-state index in [-0.39, 0.29) is 12.6 Å². The number of aliphatic hydroxyl groups is 1. The zero-order valence-electron chi connectivity index (χ0n) is 6.36. The van der Waals surface area contributed by atoms with E-state index in [1.807, 2.05) is 17.5 Å². The molecule has 0 aliphatic carbocycles. The highest BCUT2D eigenvalue weighted by atomic mass is 32.1. The highest BCUT2D eigenvalue weighted by Gasteiger charge is 2.04. The standard InChI is InChI=1S/C8H13NOS/c9-7(3-1-5-10)8-4-2-6-11-8/h2,4,6-7,10H,1,3,5,9H2/t7-/m0/s1. The molecule has 1 atom stereocenters. The van der Waals surface area contributed by atoms with Gasteiger partial charge in [-0.05, 0) is 24.3 Å². The number of hydrogen-bond donors (Lipinski definition) is 2. The van der Waals surface area contributed by atoms with Crippen molar-refractivity contribution in [3.05, 3.63) is 22.4 Å². The lowest BCUT2D eigenvalue weighted by Gasteiger charge is -2.06. The van der Waals surface area contributed by atoms with Crippen LogP contribution >= 0.6 is 11.3 Å². The first kappa shape index (κ1) is 8.71. The minimum atomic E-state index is 0.113. The van der Waals surface area contributed by atoms with Crippen molar-refractivity contribution in [1.29, 1.82) is 0 Å². The van der Waals surface area contributed by atoms with Gasteiger partial charge in [0, 0.05) is 17.5 Å². The van der Waals surface area contributed by atoms with Gasteiger partial charge >= 0.3 is 0 Å². The summed E-state index contributed by atoms with van der Waals surface area (Å²) in [6.45, 7) is 0.235. The van der Waals surface area contributed by atoms with Crippen molar-refractivity contribution in [3.8, 4) is 0 Å². The van der Waals surface area contributed by atoms with Gasteiger partial charge < -0.3 is 10.8 Å². The second kappa shape index (κ2) is 4.49. The van der Waals surface area contributed by atoms with Gasteiger partial charge in [0.1, 0.15) is 0 Å². The van der Waals surface area contributed by atoms with Crippen molar-refractivity contribution in [2.45, 2.75) is 18.9 Å². The molecule has 2 nitrogen and oxygen atoms in total. The van der Waals surface area contributed by atoms with E-state index in [1.54, 1.807) is 11.3 Å². The van der Waals surface area contributed by atoms with Crippen LogP contribution in [0.2, 0.25) is 0 Å². The molecule has 1 aromatic rings. The van der Waals surface area contributed by atoms with Gasteiger partial charge in [-0.3, -0.25) is 0 Å². The molecule has 0 aliphatic heterocycles. The summed E-state index contributed by atoms with van der Waals surface area (Å²) in [4.78, 5) is 1.21. The SMILES string of the molecule is N[C@@H](CCCO)c1cccs1. The molecule has 0 saturated heterocycles.